The van der Waals surface area contributed by atoms with E-state index < -0.39 is 5.97 Å². The van der Waals surface area contributed by atoms with Gasteiger partial charge in [-0.1, -0.05) is 0 Å². The zero-order chi connectivity index (χ0) is 12.8. The van der Waals surface area contributed by atoms with Gasteiger partial charge in [0.1, 0.15) is 5.75 Å². The molecule has 0 spiro atoms. The topological polar surface area (TPSA) is 59.3 Å². The summed E-state index contributed by atoms with van der Waals surface area (Å²) in [5, 5.41) is 9.04. The molecule has 17 heavy (non-hydrogen) atoms. The molecule has 0 atom stereocenters. The molecule has 0 aliphatic carbocycles. The van der Waals surface area contributed by atoms with Crippen LogP contribution in [0.1, 0.15) is 16.7 Å². The lowest BCUT2D eigenvalue weighted by Gasteiger charge is -2.10. The van der Waals surface area contributed by atoms with Gasteiger partial charge in [0.25, 0.3) is 0 Å². The number of hydrogen-bond acceptors (Lipinski definition) is 4. The second kappa shape index (κ2) is 6.12. The highest BCUT2D eigenvalue weighted by Gasteiger charge is 2.14. The molecule has 0 aromatic heterocycles. The van der Waals surface area contributed by atoms with Gasteiger partial charge in [0.05, 0.1) is 32.3 Å². The molecule has 0 saturated carbocycles. The third kappa shape index (κ3) is 3.11. The molecule has 0 radical (unpaired) electrons. The summed E-state index contributed by atoms with van der Waals surface area (Å²) in [6, 6.07) is 5.32. The molecule has 1 aromatic carbocycles. The van der Waals surface area contributed by atoms with Crippen LogP contribution in [-0.4, -0.2) is 20.2 Å². The molecule has 0 aliphatic heterocycles. The Bertz CT molecular complexity index is 466. The first-order chi connectivity index (χ1) is 8.15. The van der Waals surface area contributed by atoms with E-state index in [0.717, 1.165) is 0 Å². The Morgan fingerprint density at radius 2 is 2.18 bits per heavy atom. The van der Waals surface area contributed by atoms with Crippen LogP contribution in [0.25, 0.3) is 0 Å². The molecule has 0 amide bonds. The maximum absolute atomic E-state index is 11.3. The molecule has 0 aliphatic rings. The molecule has 1 rings (SSSR count). The normalized spacial score (nSPS) is 9.53. The molecule has 0 N–H and O–H groups in total. The van der Waals surface area contributed by atoms with E-state index in [4.69, 9.17) is 21.6 Å². The summed E-state index contributed by atoms with van der Waals surface area (Å²) in [6.07, 6.45) is 0.0332. The molecule has 0 saturated heterocycles. The summed E-state index contributed by atoms with van der Waals surface area (Å²) in [6.45, 7) is 0. The Kier molecular flexibility index (Phi) is 4.80. The van der Waals surface area contributed by atoms with Crippen molar-refractivity contribution < 1.29 is 14.3 Å². The predicted octanol–water partition coefficient (Wildman–Crippen LogP) is 2.02. The Hall–Kier alpha value is -1.73. The van der Waals surface area contributed by atoms with Crippen LogP contribution in [0.4, 0.5) is 0 Å². The molecule has 1 aromatic rings. The van der Waals surface area contributed by atoms with Crippen LogP contribution in [0.15, 0.2) is 12.1 Å². The van der Waals surface area contributed by atoms with Crippen molar-refractivity contribution in [3.8, 4) is 11.8 Å². The number of halogens is 1. The number of hydrogen-bond donors (Lipinski definition) is 0. The van der Waals surface area contributed by atoms with Crippen LogP contribution < -0.4 is 4.74 Å². The Labute approximate surface area is 105 Å². The number of alkyl halides is 1. The van der Waals surface area contributed by atoms with Crippen LogP contribution in [-0.2, 0) is 21.8 Å². The number of nitrogens with zero attached hydrogens (tertiary/aromatic N) is 1. The van der Waals surface area contributed by atoms with Crippen LogP contribution in [0, 0.1) is 11.3 Å². The third-order valence-electron chi connectivity index (χ3n) is 2.36. The number of esters is 1. The fourth-order valence-electron chi connectivity index (χ4n) is 1.46. The smallest absolute Gasteiger partial charge is 0.310 e. The summed E-state index contributed by atoms with van der Waals surface area (Å²) in [5.41, 5.74) is 1.67. The summed E-state index contributed by atoms with van der Waals surface area (Å²) in [7, 11) is 2.81. The molecule has 0 bridgehead atoms. The summed E-state index contributed by atoms with van der Waals surface area (Å²) in [4.78, 5) is 11.3. The number of carbonyl (C=O) groups is 1. The quantitative estimate of drug-likeness (QED) is 0.608. The van der Waals surface area contributed by atoms with E-state index in [-0.39, 0.29) is 12.3 Å². The lowest BCUT2D eigenvalue weighted by atomic mass is 9.99. The van der Waals surface area contributed by atoms with E-state index in [1.807, 2.05) is 6.07 Å². The summed E-state index contributed by atoms with van der Waals surface area (Å²) < 4.78 is 9.65. The number of methoxy groups -OCH3 is 2. The monoisotopic (exact) mass is 253 g/mol. The minimum Gasteiger partial charge on any atom is -0.497 e. The van der Waals surface area contributed by atoms with Gasteiger partial charge >= 0.3 is 5.97 Å². The van der Waals surface area contributed by atoms with Gasteiger partial charge in [-0.3, -0.25) is 4.79 Å². The molecule has 0 fully saturated rings. The van der Waals surface area contributed by atoms with E-state index in [1.54, 1.807) is 12.1 Å². The molecule has 90 valence electrons. The van der Waals surface area contributed by atoms with Crippen LogP contribution in [0.3, 0.4) is 0 Å². The van der Waals surface area contributed by atoms with Gasteiger partial charge in [0.2, 0.25) is 0 Å². The molecule has 0 heterocycles. The van der Waals surface area contributed by atoms with E-state index in [9.17, 15) is 4.79 Å². The van der Waals surface area contributed by atoms with Crippen molar-refractivity contribution in [3.05, 3.63) is 28.8 Å². The van der Waals surface area contributed by atoms with Gasteiger partial charge in [-0.05, 0) is 23.3 Å². The van der Waals surface area contributed by atoms with Gasteiger partial charge < -0.3 is 9.47 Å². The van der Waals surface area contributed by atoms with Crippen molar-refractivity contribution in [1.82, 2.24) is 0 Å². The standard InChI is InChI=1S/C12H12ClNO3/c1-16-10-3-8(6-13)11(5-12(15)17-2)9(4-10)7-14/h3-4H,5-6H2,1-2H3. The number of nitriles is 1. The fraction of sp³-hybridized carbons (Fsp3) is 0.333. The van der Waals surface area contributed by atoms with Crippen LogP contribution in [0.5, 0.6) is 5.75 Å². The van der Waals surface area contributed by atoms with Crippen LogP contribution in [0.2, 0.25) is 0 Å². The summed E-state index contributed by atoms with van der Waals surface area (Å²) >= 11 is 5.80. The first-order valence-corrected chi connectivity index (χ1v) is 5.42. The maximum atomic E-state index is 11.3. The van der Waals surface area contributed by atoms with Crippen molar-refractivity contribution in [2.45, 2.75) is 12.3 Å². The van der Waals surface area contributed by atoms with E-state index in [2.05, 4.69) is 4.74 Å². The molecule has 0 unspecified atom stereocenters. The van der Waals surface area contributed by atoms with E-state index in [1.165, 1.54) is 14.2 Å². The molecular weight excluding hydrogens is 242 g/mol. The minimum atomic E-state index is -0.405. The third-order valence-corrected chi connectivity index (χ3v) is 2.65. The largest absolute Gasteiger partial charge is 0.497 e. The maximum Gasteiger partial charge on any atom is 0.310 e. The number of carbonyl (C=O) groups excluding carboxylic acids is 1. The average molecular weight is 254 g/mol. The average Bonchev–Trinajstić information content (AvgIpc) is 2.38. The van der Waals surface area contributed by atoms with Crippen molar-refractivity contribution in [1.29, 1.82) is 5.26 Å². The van der Waals surface area contributed by atoms with Gasteiger partial charge in [0, 0.05) is 5.88 Å². The Balaban J connectivity index is 3.25. The first kappa shape index (κ1) is 13.3. The first-order valence-electron chi connectivity index (χ1n) is 4.89. The predicted molar refractivity (Wildman–Crippen MR) is 63.0 cm³/mol. The molecule has 5 heteroatoms. The van der Waals surface area contributed by atoms with Crippen molar-refractivity contribution in [2.75, 3.05) is 14.2 Å². The minimum absolute atomic E-state index is 0.0332. The molecule has 4 nitrogen and oxygen atoms in total. The second-order valence-electron chi connectivity index (χ2n) is 3.31. The van der Waals surface area contributed by atoms with Crippen LogP contribution >= 0.6 is 11.6 Å². The van der Waals surface area contributed by atoms with Crippen molar-refractivity contribution in [3.63, 3.8) is 0 Å². The van der Waals surface area contributed by atoms with Gasteiger partial charge in [-0.2, -0.15) is 5.26 Å². The van der Waals surface area contributed by atoms with E-state index in [0.29, 0.717) is 22.4 Å². The van der Waals surface area contributed by atoms with E-state index >= 15 is 0 Å². The SMILES string of the molecule is COC(=O)Cc1c(C#N)cc(OC)cc1CCl. The lowest BCUT2D eigenvalue weighted by molar-refractivity contribution is -0.139. The highest BCUT2D eigenvalue weighted by Crippen LogP contribution is 2.24. The van der Waals surface area contributed by atoms with Crippen molar-refractivity contribution in [2.24, 2.45) is 0 Å². The number of ether oxygens (including phenoxy) is 2. The summed E-state index contributed by atoms with van der Waals surface area (Å²) in [5.74, 6) is 0.349. The Morgan fingerprint density at radius 3 is 2.65 bits per heavy atom. The molecular formula is C12H12ClNO3. The Morgan fingerprint density at radius 1 is 1.47 bits per heavy atom. The zero-order valence-corrected chi connectivity index (χ0v) is 10.4. The van der Waals surface area contributed by atoms with Gasteiger partial charge in [-0.25, -0.2) is 0 Å². The number of benzene rings is 1. The number of rotatable bonds is 4. The highest BCUT2D eigenvalue weighted by molar-refractivity contribution is 6.17. The highest BCUT2D eigenvalue weighted by atomic mass is 35.5. The zero-order valence-electron chi connectivity index (χ0n) is 9.62. The lowest BCUT2D eigenvalue weighted by Crippen LogP contribution is -2.08. The van der Waals surface area contributed by atoms with Crippen molar-refractivity contribution >= 4 is 17.6 Å². The van der Waals surface area contributed by atoms with Gasteiger partial charge in [-0.15, -0.1) is 11.6 Å². The van der Waals surface area contributed by atoms with Gasteiger partial charge in [0.15, 0.2) is 0 Å². The fourth-order valence-corrected chi connectivity index (χ4v) is 1.70. The second-order valence-corrected chi connectivity index (χ2v) is 3.58.